The molecule has 2 aliphatic rings. The number of benzene rings is 1. The van der Waals surface area contributed by atoms with Gasteiger partial charge in [-0.3, -0.25) is 20.4 Å². The minimum atomic E-state index is -0.504. The number of fused-ring (bicyclic) bond motifs is 1. The van der Waals surface area contributed by atoms with Crippen molar-refractivity contribution in [1.29, 1.82) is 0 Å². The Morgan fingerprint density at radius 3 is 2.86 bits per heavy atom. The third-order valence-electron chi connectivity index (χ3n) is 4.18. The molecule has 0 aliphatic carbocycles. The van der Waals surface area contributed by atoms with Crippen LogP contribution in [-0.4, -0.2) is 49.9 Å². The quantitative estimate of drug-likeness (QED) is 0.557. The van der Waals surface area contributed by atoms with E-state index >= 15 is 0 Å². The summed E-state index contributed by atoms with van der Waals surface area (Å²) in [4.78, 5) is 30.6. The molecule has 0 bridgehead atoms. The minimum Gasteiger partial charge on any atom is -0.454 e. The molecule has 3 heterocycles. The fourth-order valence-corrected chi connectivity index (χ4v) is 3.88. The maximum atomic E-state index is 12.2. The Bertz CT molecular complexity index is 958. The molecule has 1 fully saturated rings. The lowest BCUT2D eigenvalue weighted by Gasteiger charge is -2.25. The number of thiazole rings is 1. The molecule has 152 valence electrons. The minimum absolute atomic E-state index is 0.110. The summed E-state index contributed by atoms with van der Waals surface area (Å²) in [6.45, 7) is 2.86. The van der Waals surface area contributed by atoms with Crippen molar-refractivity contribution >= 4 is 46.0 Å². The van der Waals surface area contributed by atoms with Crippen molar-refractivity contribution in [3.63, 3.8) is 0 Å². The van der Waals surface area contributed by atoms with Crippen LogP contribution in [0.4, 0.5) is 5.13 Å². The topological polar surface area (TPSA) is 102 Å². The normalized spacial score (nSPS) is 15.6. The average molecular weight is 437 g/mol. The first-order valence-corrected chi connectivity index (χ1v) is 10.0. The first-order valence-electron chi connectivity index (χ1n) is 8.76. The first kappa shape index (κ1) is 19.5. The number of hydrogen-bond donors (Lipinski definition) is 2. The fourth-order valence-electron chi connectivity index (χ4n) is 2.75. The molecule has 1 saturated heterocycles. The number of amides is 2. The van der Waals surface area contributed by atoms with E-state index in [-0.39, 0.29) is 12.5 Å². The molecule has 1 aromatic carbocycles. The maximum absolute atomic E-state index is 12.2. The Morgan fingerprint density at radius 1 is 1.21 bits per heavy atom. The average Bonchev–Trinajstić information content (AvgIpc) is 3.41. The lowest BCUT2D eigenvalue weighted by molar-refractivity contribution is -0.117. The number of morpholine rings is 1. The lowest BCUT2D eigenvalue weighted by atomic mass is 10.2. The molecule has 0 saturated carbocycles. The van der Waals surface area contributed by atoms with E-state index in [1.165, 1.54) is 17.4 Å². The van der Waals surface area contributed by atoms with Gasteiger partial charge in [-0.25, -0.2) is 4.98 Å². The van der Waals surface area contributed by atoms with Crippen LogP contribution in [0.15, 0.2) is 23.6 Å². The van der Waals surface area contributed by atoms with E-state index < -0.39 is 11.8 Å². The number of ether oxygens (including phenoxy) is 3. The summed E-state index contributed by atoms with van der Waals surface area (Å²) < 4.78 is 15.8. The third-order valence-corrected chi connectivity index (χ3v) is 5.36. The van der Waals surface area contributed by atoms with Crippen LogP contribution in [0.25, 0.3) is 6.08 Å². The van der Waals surface area contributed by atoms with Gasteiger partial charge in [0, 0.05) is 24.5 Å². The van der Waals surface area contributed by atoms with Gasteiger partial charge in [-0.05, 0) is 23.8 Å². The number of rotatable bonds is 4. The third kappa shape index (κ3) is 4.61. The molecular formula is C18H17ClN4O5S. The largest absolute Gasteiger partial charge is 0.454 e. The molecular weight excluding hydrogens is 420 g/mol. The zero-order valence-corrected chi connectivity index (χ0v) is 16.7. The summed E-state index contributed by atoms with van der Waals surface area (Å²) in [5.74, 6) is 0.00936. The van der Waals surface area contributed by atoms with Crippen molar-refractivity contribution in [2.75, 3.05) is 38.0 Å². The van der Waals surface area contributed by atoms with Crippen LogP contribution in [0.1, 0.15) is 16.1 Å². The molecule has 2 N–H and O–H groups in total. The van der Waals surface area contributed by atoms with Gasteiger partial charge >= 0.3 is 0 Å². The Morgan fingerprint density at radius 2 is 2.03 bits per heavy atom. The number of hydrogen-bond acceptors (Lipinski definition) is 8. The molecule has 2 aromatic rings. The number of aromatic nitrogens is 1. The van der Waals surface area contributed by atoms with E-state index in [1.807, 2.05) is 0 Å². The van der Waals surface area contributed by atoms with Crippen LogP contribution in [0, 0.1) is 0 Å². The molecule has 0 atom stereocenters. The van der Waals surface area contributed by atoms with E-state index in [2.05, 4.69) is 20.7 Å². The predicted molar refractivity (Wildman–Crippen MR) is 107 cm³/mol. The van der Waals surface area contributed by atoms with Gasteiger partial charge in [0.1, 0.15) is 5.69 Å². The Labute approximate surface area is 175 Å². The van der Waals surface area contributed by atoms with E-state index in [0.29, 0.717) is 35.3 Å². The molecule has 2 aliphatic heterocycles. The summed E-state index contributed by atoms with van der Waals surface area (Å²) in [5, 5.41) is 2.80. The second kappa shape index (κ2) is 8.68. The Kier molecular flexibility index (Phi) is 5.84. The highest BCUT2D eigenvalue weighted by Gasteiger charge is 2.19. The summed E-state index contributed by atoms with van der Waals surface area (Å²) in [5.41, 5.74) is 5.57. The number of nitrogens with zero attached hydrogens (tertiary/aromatic N) is 2. The second-order valence-electron chi connectivity index (χ2n) is 6.13. The highest BCUT2D eigenvalue weighted by molar-refractivity contribution is 7.13. The number of hydrazine groups is 1. The molecule has 4 rings (SSSR count). The summed E-state index contributed by atoms with van der Waals surface area (Å²) in [6.07, 6.45) is 2.82. The predicted octanol–water partition coefficient (Wildman–Crippen LogP) is 1.84. The molecule has 29 heavy (non-hydrogen) atoms. The SMILES string of the molecule is O=C(/C=C/c1cc(Cl)c2c(c1)OCO2)NNC(=O)c1csc(N2CCOCC2)n1. The van der Waals surface area contributed by atoms with Gasteiger partial charge in [0.25, 0.3) is 11.8 Å². The van der Waals surface area contributed by atoms with E-state index in [4.69, 9.17) is 25.8 Å². The van der Waals surface area contributed by atoms with Gasteiger partial charge < -0.3 is 19.1 Å². The number of carbonyl (C=O) groups excluding carboxylic acids is 2. The second-order valence-corrected chi connectivity index (χ2v) is 7.37. The smallest absolute Gasteiger partial charge is 0.289 e. The maximum Gasteiger partial charge on any atom is 0.289 e. The van der Waals surface area contributed by atoms with Gasteiger partial charge in [-0.2, -0.15) is 0 Å². The number of carbonyl (C=O) groups is 2. The van der Waals surface area contributed by atoms with Gasteiger partial charge in [0.05, 0.1) is 18.2 Å². The summed E-state index contributed by atoms with van der Waals surface area (Å²) in [7, 11) is 0. The zero-order chi connectivity index (χ0) is 20.2. The lowest BCUT2D eigenvalue weighted by Crippen LogP contribution is -2.41. The fraction of sp³-hybridized carbons (Fsp3) is 0.278. The zero-order valence-electron chi connectivity index (χ0n) is 15.1. The van der Waals surface area contributed by atoms with E-state index in [1.54, 1.807) is 23.6 Å². The highest BCUT2D eigenvalue weighted by Crippen LogP contribution is 2.40. The van der Waals surface area contributed by atoms with Crippen molar-refractivity contribution in [1.82, 2.24) is 15.8 Å². The van der Waals surface area contributed by atoms with Crippen molar-refractivity contribution in [2.24, 2.45) is 0 Å². The van der Waals surface area contributed by atoms with Gasteiger partial charge in [-0.1, -0.05) is 11.6 Å². The van der Waals surface area contributed by atoms with Crippen LogP contribution >= 0.6 is 22.9 Å². The number of halogens is 1. The van der Waals surface area contributed by atoms with Crippen LogP contribution in [0.2, 0.25) is 5.02 Å². The molecule has 0 unspecified atom stereocenters. The van der Waals surface area contributed by atoms with Crippen LogP contribution in [0.5, 0.6) is 11.5 Å². The van der Waals surface area contributed by atoms with Gasteiger partial charge in [0.15, 0.2) is 16.6 Å². The molecule has 1 aromatic heterocycles. The van der Waals surface area contributed by atoms with Crippen molar-refractivity contribution in [3.05, 3.63) is 39.9 Å². The van der Waals surface area contributed by atoms with Crippen LogP contribution in [0.3, 0.4) is 0 Å². The molecule has 0 radical (unpaired) electrons. The van der Waals surface area contributed by atoms with Crippen LogP contribution in [-0.2, 0) is 9.53 Å². The molecule has 11 heteroatoms. The highest BCUT2D eigenvalue weighted by atomic mass is 35.5. The van der Waals surface area contributed by atoms with Gasteiger partial charge in [0.2, 0.25) is 6.79 Å². The van der Waals surface area contributed by atoms with E-state index in [9.17, 15) is 9.59 Å². The molecule has 9 nitrogen and oxygen atoms in total. The number of anilines is 1. The van der Waals surface area contributed by atoms with Gasteiger partial charge in [-0.15, -0.1) is 11.3 Å². The summed E-state index contributed by atoms with van der Waals surface area (Å²) >= 11 is 7.48. The molecule has 2 amide bonds. The van der Waals surface area contributed by atoms with E-state index in [0.717, 1.165) is 18.2 Å². The Hall–Kier alpha value is -2.82. The van der Waals surface area contributed by atoms with Crippen molar-refractivity contribution in [2.45, 2.75) is 0 Å². The van der Waals surface area contributed by atoms with Crippen molar-refractivity contribution < 1.29 is 23.8 Å². The standard InChI is InChI=1S/C18H17ClN4O5S/c19-12-7-11(8-14-16(12)28-10-27-14)1-2-15(24)21-22-17(25)13-9-29-18(20-13)23-3-5-26-6-4-23/h1-2,7-9H,3-6,10H2,(H,21,24)(H,22,25)/b2-1+. The van der Waals surface area contributed by atoms with Crippen molar-refractivity contribution in [3.8, 4) is 11.5 Å². The first-order chi connectivity index (χ1) is 14.1. The Balaban J connectivity index is 1.30. The summed E-state index contributed by atoms with van der Waals surface area (Å²) in [6, 6.07) is 3.36. The number of nitrogens with one attached hydrogen (secondary N) is 2. The monoisotopic (exact) mass is 436 g/mol. The molecule has 0 spiro atoms. The van der Waals surface area contributed by atoms with Crippen LogP contribution < -0.4 is 25.2 Å².